The predicted molar refractivity (Wildman–Crippen MR) is 106 cm³/mol. The number of rotatable bonds is 5. The number of benzene rings is 1. The molecule has 2 rings (SSSR count). The lowest BCUT2D eigenvalue weighted by Gasteiger charge is -2.36. The molecular formula is C17H23Cl2N3O4S. The number of hydrogen-bond donors (Lipinski definition) is 1. The second-order valence-corrected chi connectivity index (χ2v) is 9.63. The molecular weight excluding hydrogens is 413 g/mol. The second-order valence-electron chi connectivity index (χ2n) is 6.81. The summed E-state index contributed by atoms with van der Waals surface area (Å²) < 4.78 is 24.6. The Morgan fingerprint density at radius 2 is 1.70 bits per heavy atom. The van der Waals surface area contributed by atoms with Crippen LogP contribution in [0.3, 0.4) is 0 Å². The highest BCUT2D eigenvalue weighted by atomic mass is 35.5. The van der Waals surface area contributed by atoms with Gasteiger partial charge in [0, 0.05) is 31.2 Å². The molecule has 1 aliphatic rings. The van der Waals surface area contributed by atoms with Crippen molar-refractivity contribution in [2.24, 2.45) is 5.92 Å². The average Bonchev–Trinajstić information content (AvgIpc) is 2.58. The van der Waals surface area contributed by atoms with Crippen LogP contribution < -0.4 is 5.32 Å². The summed E-state index contributed by atoms with van der Waals surface area (Å²) in [5.41, 5.74) is 0.237. The Morgan fingerprint density at radius 3 is 2.19 bits per heavy atom. The minimum atomic E-state index is -3.27. The van der Waals surface area contributed by atoms with Crippen LogP contribution in [0.5, 0.6) is 0 Å². The summed E-state index contributed by atoms with van der Waals surface area (Å²) in [6.45, 7) is 4.72. The summed E-state index contributed by atoms with van der Waals surface area (Å²) in [6, 6.07) is 3.79. The number of sulfonamides is 1. The van der Waals surface area contributed by atoms with E-state index in [-0.39, 0.29) is 48.6 Å². The molecule has 1 aromatic carbocycles. The highest BCUT2D eigenvalue weighted by Gasteiger charge is 2.32. The SMILES string of the molecule is CC(C)C(NC(=O)c1ccc(Cl)cc1Cl)C(=O)N1CCN(S(C)(=O)=O)CC1. The Bertz CT molecular complexity index is 821. The second kappa shape index (κ2) is 8.77. The molecule has 1 atom stereocenters. The van der Waals surface area contributed by atoms with E-state index >= 15 is 0 Å². The van der Waals surface area contributed by atoms with E-state index in [0.29, 0.717) is 5.02 Å². The van der Waals surface area contributed by atoms with Gasteiger partial charge in [0.25, 0.3) is 5.91 Å². The van der Waals surface area contributed by atoms with Crippen LogP contribution >= 0.6 is 23.2 Å². The van der Waals surface area contributed by atoms with E-state index in [1.54, 1.807) is 11.0 Å². The summed E-state index contributed by atoms with van der Waals surface area (Å²) in [5, 5.41) is 3.36. The number of nitrogens with zero attached hydrogens (tertiary/aromatic N) is 2. The molecule has 2 amide bonds. The molecule has 150 valence electrons. The van der Waals surface area contributed by atoms with Gasteiger partial charge in [-0.25, -0.2) is 8.42 Å². The van der Waals surface area contributed by atoms with Gasteiger partial charge in [0.2, 0.25) is 15.9 Å². The third kappa shape index (κ3) is 5.57. The van der Waals surface area contributed by atoms with E-state index in [1.807, 2.05) is 13.8 Å². The van der Waals surface area contributed by atoms with Crippen molar-refractivity contribution in [2.45, 2.75) is 19.9 Å². The fourth-order valence-corrected chi connectivity index (χ4v) is 4.16. The van der Waals surface area contributed by atoms with Crippen LogP contribution in [0.1, 0.15) is 24.2 Å². The number of halogens is 2. The quantitative estimate of drug-likeness (QED) is 0.764. The fourth-order valence-electron chi connectivity index (χ4n) is 2.84. The van der Waals surface area contributed by atoms with Crippen molar-refractivity contribution in [1.29, 1.82) is 0 Å². The summed E-state index contributed by atoms with van der Waals surface area (Å²) in [7, 11) is -3.27. The summed E-state index contributed by atoms with van der Waals surface area (Å²) >= 11 is 11.9. The van der Waals surface area contributed by atoms with Crippen molar-refractivity contribution in [2.75, 3.05) is 32.4 Å². The highest BCUT2D eigenvalue weighted by Crippen LogP contribution is 2.21. The van der Waals surface area contributed by atoms with E-state index in [2.05, 4.69) is 5.32 Å². The Labute approximate surface area is 169 Å². The first-order valence-corrected chi connectivity index (χ1v) is 11.1. The van der Waals surface area contributed by atoms with Gasteiger partial charge in [-0.2, -0.15) is 4.31 Å². The van der Waals surface area contributed by atoms with E-state index in [1.165, 1.54) is 16.4 Å². The fraction of sp³-hybridized carbons (Fsp3) is 0.529. The first-order valence-electron chi connectivity index (χ1n) is 8.50. The van der Waals surface area contributed by atoms with Gasteiger partial charge in [-0.05, 0) is 24.1 Å². The van der Waals surface area contributed by atoms with E-state index in [9.17, 15) is 18.0 Å². The smallest absolute Gasteiger partial charge is 0.253 e. The molecule has 10 heteroatoms. The summed E-state index contributed by atoms with van der Waals surface area (Å²) in [4.78, 5) is 27.0. The first kappa shape index (κ1) is 21.9. The zero-order valence-corrected chi connectivity index (χ0v) is 17.7. The molecule has 0 aromatic heterocycles. The Morgan fingerprint density at radius 1 is 1.11 bits per heavy atom. The number of nitrogens with one attached hydrogen (secondary N) is 1. The van der Waals surface area contributed by atoms with Crippen LogP contribution in [0, 0.1) is 5.92 Å². The molecule has 1 fully saturated rings. The molecule has 7 nitrogen and oxygen atoms in total. The van der Waals surface area contributed by atoms with Gasteiger partial charge in [0.05, 0.1) is 16.8 Å². The Hall–Kier alpha value is -1.35. The number of amides is 2. The molecule has 1 saturated heterocycles. The van der Waals surface area contributed by atoms with Crippen molar-refractivity contribution in [3.05, 3.63) is 33.8 Å². The number of carbonyl (C=O) groups excluding carboxylic acids is 2. The largest absolute Gasteiger partial charge is 0.340 e. The van der Waals surface area contributed by atoms with Crippen molar-refractivity contribution < 1.29 is 18.0 Å². The molecule has 1 aromatic rings. The Balaban J connectivity index is 2.08. The van der Waals surface area contributed by atoms with Gasteiger partial charge in [0.1, 0.15) is 6.04 Å². The molecule has 0 aliphatic carbocycles. The van der Waals surface area contributed by atoms with Gasteiger partial charge < -0.3 is 10.2 Å². The third-order valence-electron chi connectivity index (χ3n) is 4.41. The first-order chi connectivity index (χ1) is 12.5. The molecule has 0 radical (unpaired) electrons. The summed E-state index contributed by atoms with van der Waals surface area (Å²) in [5.74, 6) is -0.851. The van der Waals surface area contributed by atoms with Gasteiger partial charge in [0.15, 0.2) is 0 Å². The lowest BCUT2D eigenvalue weighted by atomic mass is 10.0. The molecule has 1 aliphatic heterocycles. The normalized spacial score (nSPS) is 17.0. The molecule has 0 saturated carbocycles. The highest BCUT2D eigenvalue weighted by molar-refractivity contribution is 7.88. The zero-order valence-electron chi connectivity index (χ0n) is 15.4. The van der Waals surface area contributed by atoms with Gasteiger partial charge >= 0.3 is 0 Å². The van der Waals surface area contributed by atoms with Crippen molar-refractivity contribution in [1.82, 2.24) is 14.5 Å². The van der Waals surface area contributed by atoms with E-state index in [0.717, 1.165) is 6.26 Å². The maximum Gasteiger partial charge on any atom is 0.253 e. The van der Waals surface area contributed by atoms with Crippen LogP contribution in [0.25, 0.3) is 0 Å². The number of hydrogen-bond acceptors (Lipinski definition) is 4. The van der Waals surface area contributed by atoms with Crippen molar-refractivity contribution >= 4 is 45.0 Å². The molecule has 1 heterocycles. The topological polar surface area (TPSA) is 86.8 Å². The Kier molecular flexibility index (Phi) is 7.13. The van der Waals surface area contributed by atoms with E-state index in [4.69, 9.17) is 23.2 Å². The van der Waals surface area contributed by atoms with Gasteiger partial charge in [-0.1, -0.05) is 37.0 Å². The monoisotopic (exact) mass is 435 g/mol. The van der Waals surface area contributed by atoms with Crippen molar-refractivity contribution in [3.8, 4) is 0 Å². The van der Waals surface area contributed by atoms with E-state index < -0.39 is 22.0 Å². The molecule has 1 N–H and O–H groups in total. The van der Waals surface area contributed by atoms with Crippen LogP contribution in [0.2, 0.25) is 10.0 Å². The van der Waals surface area contributed by atoms with Crippen LogP contribution in [0.15, 0.2) is 18.2 Å². The maximum absolute atomic E-state index is 12.9. The summed E-state index contributed by atoms with van der Waals surface area (Å²) in [6.07, 6.45) is 1.15. The van der Waals surface area contributed by atoms with Gasteiger partial charge in [-0.15, -0.1) is 0 Å². The maximum atomic E-state index is 12.9. The predicted octanol–water partition coefficient (Wildman–Crippen LogP) is 1.85. The standard InChI is InChI=1S/C17H23Cl2N3O4S/c1-11(2)15(20-16(23)13-5-4-12(18)10-14(13)19)17(24)21-6-8-22(9-7-21)27(3,25)26/h4-5,10-11,15H,6-9H2,1-3H3,(H,20,23). The molecule has 1 unspecified atom stereocenters. The molecule has 27 heavy (non-hydrogen) atoms. The molecule has 0 spiro atoms. The van der Waals surface area contributed by atoms with Crippen molar-refractivity contribution in [3.63, 3.8) is 0 Å². The van der Waals surface area contributed by atoms with Crippen LogP contribution in [-0.4, -0.2) is 67.9 Å². The minimum absolute atomic E-state index is 0.152. The van der Waals surface area contributed by atoms with Crippen LogP contribution in [-0.2, 0) is 14.8 Å². The third-order valence-corrected chi connectivity index (χ3v) is 6.27. The number of piperazine rings is 1. The van der Waals surface area contributed by atoms with Crippen LogP contribution in [0.4, 0.5) is 0 Å². The lowest BCUT2D eigenvalue weighted by molar-refractivity contribution is -0.135. The average molecular weight is 436 g/mol. The lowest BCUT2D eigenvalue weighted by Crippen LogP contribution is -2.57. The number of carbonyl (C=O) groups is 2. The molecule has 0 bridgehead atoms. The zero-order chi connectivity index (χ0) is 20.4. The van der Waals surface area contributed by atoms with Gasteiger partial charge in [-0.3, -0.25) is 9.59 Å². The minimum Gasteiger partial charge on any atom is -0.340 e.